The summed E-state index contributed by atoms with van der Waals surface area (Å²) in [6.07, 6.45) is 1.34. The van der Waals surface area contributed by atoms with E-state index in [1.54, 1.807) is 11.7 Å². The predicted octanol–water partition coefficient (Wildman–Crippen LogP) is 1.40. The normalized spacial score (nSPS) is 14.1. The minimum Gasteiger partial charge on any atom is -0.478 e. The van der Waals surface area contributed by atoms with Crippen LogP contribution in [0.5, 0.6) is 0 Å². The molecule has 0 aromatic carbocycles. The van der Waals surface area contributed by atoms with Gasteiger partial charge in [0.15, 0.2) is 5.65 Å². The van der Waals surface area contributed by atoms with E-state index in [4.69, 9.17) is 0 Å². The number of carbonyl (C=O) groups is 1. The van der Waals surface area contributed by atoms with Gasteiger partial charge in [0, 0.05) is 25.9 Å². The average molecular weight is 292 g/mol. The monoisotopic (exact) mass is 292 g/mol. The SMILES string of the molecule is Cc1nn(C)c2ncc(C(=O)O)c(NC(C)C(C)CO)c12. The molecule has 0 amide bonds. The zero-order chi connectivity index (χ0) is 15.7. The van der Waals surface area contributed by atoms with Crippen LogP contribution in [-0.2, 0) is 7.05 Å². The second kappa shape index (κ2) is 5.69. The summed E-state index contributed by atoms with van der Waals surface area (Å²) >= 11 is 0. The number of aromatic carboxylic acids is 1. The maximum atomic E-state index is 11.4. The van der Waals surface area contributed by atoms with E-state index in [1.165, 1.54) is 6.20 Å². The number of aliphatic hydroxyl groups is 1. The Labute approximate surface area is 122 Å². The lowest BCUT2D eigenvalue weighted by Crippen LogP contribution is -2.27. The highest BCUT2D eigenvalue weighted by Gasteiger charge is 2.22. The number of hydrogen-bond donors (Lipinski definition) is 3. The first kappa shape index (κ1) is 15.2. The lowest BCUT2D eigenvalue weighted by Gasteiger charge is -2.22. The Hall–Kier alpha value is -2.15. The molecular weight excluding hydrogens is 272 g/mol. The molecule has 0 aliphatic heterocycles. The Morgan fingerprint density at radius 3 is 2.71 bits per heavy atom. The van der Waals surface area contributed by atoms with Gasteiger partial charge >= 0.3 is 5.97 Å². The Bertz CT molecular complexity index is 680. The number of carboxylic acids is 1. The number of carboxylic acid groups (broad SMARTS) is 1. The summed E-state index contributed by atoms with van der Waals surface area (Å²) in [5.74, 6) is -1.05. The second-order valence-electron chi connectivity index (χ2n) is 5.35. The van der Waals surface area contributed by atoms with Crippen molar-refractivity contribution in [2.45, 2.75) is 26.8 Å². The van der Waals surface area contributed by atoms with Crippen LogP contribution in [-0.4, -0.2) is 43.6 Å². The van der Waals surface area contributed by atoms with Gasteiger partial charge in [0.1, 0.15) is 5.56 Å². The molecule has 0 bridgehead atoms. The van der Waals surface area contributed by atoms with Gasteiger partial charge < -0.3 is 15.5 Å². The smallest absolute Gasteiger partial charge is 0.339 e. The van der Waals surface area contributed by atoms with Crippen molar-refractivity contribution in [1.82, 2.24) is 14.8 Å². The third kappa shape index (κ3) is 2.69. The highest BCUT2D eigenvalue weighted by atomic mass is 16.4. The first-order chi connectivity index (χ1) is 9.86. The van der Waals surface area contributed by atoms with Crippen molar-refractivity contribution in [3.8, 4) is 0 Å². The summed E-state index contributed by atoms with van der Waals surface area (Å²) in [5, 5.41) is 26.8. The van der Waals surface area contributed by atoms with Crippen molar-refractivity contribution >= 4 is 22.7 Å². The number of aliphatic hydroxyl groups excluding tert-OH is 1. The summed E-state index contributed by atoms with van der Waals surface area (Å²) in [5.41, 5.74) is 1.96. The van der Waals surface area contributed by atoms with E-state index >= 15 is 0 Å². The number of hydrogen-bond acceptors (Lipinski definition) is 5. The van der Waals surface area contributed by atoms with Crippen LogP contribution >= 0.6 is 0 Å². The zero-order valence-corrected chi connectivity index (χ0v) is 12.6. The van der Waals surface area contributed by atoms with Gasteiger partial charge in [0.25, 0.3) is 0 Å². The van der Waals surface area contributed by atoms with Crippen molar-refractivity contribution in [2.24, 2.45) is 13.0 Å². The van der Waals surface area contributed by atoms with Gasteiger partial charge in [-0.15, -0.1) is 0 Å². The predicted molar refractivity (Wildman–Crippen MR) is 79.5 cm³/mol. The molecule has 0 saturated heterocycles. The van der Waals surface area contributed by atoms with Gasteiger partial charge in [-0.3, -0.25) is 4.68 Å². The molecule has 0 saturated carbocycles. The number of aryl methyl sites for hydroxylation is 2. The van der Waals surface area contributed by atoms with Crippen LogP contribution in [0.4, 0.5) is 5.69 Å². The van der Waals surface area contributed by atoms with E-state index in [-0.39, 0.29) is 24.1 Å². The molecule has 3 N–H and O–H groups in total. The number of nitrogens with zero attached hydrogens (tertiary/aromatic N) is 3. The van der Waals surface area contributed by atoms with Crippen LogP contribution in [0.25, 0.3) is 11.0 Å². The van der Waals surface area contributed by atoms with Gasteiger partial charge in [-0.25, -0.2) is 9.78 Å². The fourth-order valence-corrected chi connectivity index (χ4v) is 2.25. The molecule has 0 fully saturated rings. The number of fused-ring (bicyclic) bond motifs is 1. The minimum atomic E-state index is -1.04. The van der Waals surface area contributed by atoms with E-state index in [0.29, 0.717) is 16.7 Å². The number of nitrogens with one attached hydrogen (secondary N) is 1. The lowest BCUT2D eigenvalue weighted by molar-refractivity contribution is 0.0697. The first-order valence-electron chi connectivity index (χ1n) is 6.79. The van der Waals surface area contributed by atoms with Crippen LogP contribution in [0.1, 0.15) is 29.9 Å². The van der Waals surface area contributed by atoms with E-state index < -0.39 is 5.97 Å². The summed E-state index contributed by atoms with van der Waals surface area (Å²) in [4.78, 5) is 15.6. The summed E-state index contributed by atoms with van der Waals surface area (Å²) in [7, 11) is 1.77. The highest BCUT2D eigenvalue weighted by molar-refractivity contribution is 6.04. The van der Waals surface area contributed by atoms with Gasteiger partial charge in [-0.1, -0.05) is 6.92 Å². The van der Waals surface area contributed by atoms with Gasteiger partial charge in [-0.2, -0.15) is 5.10 Å². The number of aromatic nitrogens is 3. The molecule has 7 nitrogen and oxygen atoms in total. The quantitative estimate of drug-likeness (QED) is 0.770. The van der Waals surface area contributed by atoms with Crippen molar-refractivity contribution < 1.29 is 15.0 Å². The maximum absolute atomic E-state index is 11.4. The first-order valence-corrected chi connectivity index (χ1v) is 6.79. The Balaban J connectivity index is 2.62. The highest BCUT2D eigenvalue weighted by Crippen LogP contribution is 2.29. The summed E-state index contributed by atoms with van der Waals surface area (Å²) < 4.78 is 1.63. The Morgan fingerprint density at radius 2 is 2.14 bits per heavy atom. The molecule has 2 aromatic heterocycles. The molecule has 2 heterocycles. The summed E-state index contributed by atoms with van der Waals surface area (Å²) in [6, 6.07) is -0.0849. The van der Waals surface area contributed by atoms with Gasteiger partial charge in [-0.05, 0) is 19.8 Å². The third-order valence-corrected chi connectivity index (χ3v) is 3.77. The number of pyridine rings is 1. The topological polar surface area (TPSA) is 100 Å². The molecular formula is C14H20N4O3. The van der Waals surface area contributed by atoms with E-state index in [0.717, 1.165) is 5.69 Å². The van der Waals surface area contributed by atoms with Gasteiger partial charge in [0.05, 0.1) is 16.8 Å². The van der Waals surface area contributed by atoms with Crippen LogP contribution in [0, 0.1) is 12.8 Å². The van der Waals surface area contributed by atoms with Crippen LogP contribution in [0.2, 0.25) is 0 Å². The lowest BCUT2D eigenvalue weighted by atomic mass is 10.0. The second-order valence-corrected chi connectivity index (χ2v) is 5.35. The van der Waals surface area contributed by atoms with Crippen molar-refractivity contribution in [1.29, 1.82) is 0 Å². The van der Waals surface area contributed by atoms with Gasteiger partial charge in [0.2, 0.25) is 0 Å². The van der Waals surface area contributed by atoms with Crippen LogP contribution in [0.15, 0.2) is 6.20 Å². The molecule has 0 spiro atoms. The molecule has 0 aliphatic carbocycles. The molecule has 2 unspecified atom stereocenters. The van der Waals surface area contributed by atoms with E-state index in [2.05, 4.69) is 15.4 Å². The van der Waals surface area contributed by atoms with E-state index in [9.17, 15) is 15.0 Å². The fraction of sp³-hybridized carbons (Fsp3) is 0.500. The Kier molecular flexibility index (Phi) is 4.13. The largest absolute Gasteiger partial charge is 0.478 e. The average Bonchev–Trinajstić information content (AvgIpc) is 2.73. The molecule has 114 valence electrons. The van der Waals surface area contributed by atoms with Crippen molar-refractivity contribution in [3.05, 3.63) is 17.5 Å². The number of anilines is 1. The minimum absolute atomic E-state index is 0.00756. The molecule has 0 aliphatic rings. The Morgan fingerprint density at radius 1 is 1.48 bits per heavy atom. The molecule has 7 heteroatoms. The van der Waals surface area contributed by atoms with Crippen LogP contribution in [0.3, 0.4) is 0 Å². The van der Waals surface area contributed by atoms with Crippen molar-refractivity contribution in [2.75, 3.05) is 11.9 Å². The molecule has 2 atom stereocenters. The van der Waals surface area contributed by atoms with Crippen LogP contribution < -0.4 is 5.32 Å². The zero-order valence-electron chi connectivity index (χ0n) is 12.6. The molecule has 0 radical (unpaired) electrons. The summed E-state index contributed by atoms with van der Waals surface area (Å²) in [6.45, 7) is 5.65. The molecule has 2 aromatic rings. The van der Waals surface area contributed by atoms with E-state index in [1.807, 2.05) is 20.8 Å². The number of rotatable bonds is 5. The van der Waals surface area contributed by atoms with Crippen molar-refractivity contribution in [3.63, 3.8) is 0 Å². The maximum Gasteiger partial charge on any atom is 0.339 e. The fourth-order valence-electron chi connectivity index (χ4n) is 2.25. The molecule has 2 rings (SSSR count). The molecule has 21 heavy (non-hydrogen) atoms. The standard InChI is InChI=1S/C14H20N4O3/c1-7(6-19)8(2)16-12-10(14(20)21)5-15-13-11(12)9(3)17-18(13)4/h5,7-8,19H,6H2,1-4H3,(H,15,16)(H,20,21). The third-order valence-electron chi connectivity index (χ3n) is 3.77.